The number of nitrogens with zero attached hydrogens (tertiary/aromatic N) is 4. The van der Waals surface area contributed by atoms with Crippen LogP contribution in [0.1, 0.15) is 18.5 Å². The van der Waals surface area contributed by atoms with Crippen LogP contribution in [0.4, 0.5) is 0 Å². The second-order valence-corrected chi connectivity index (χ2v) is 8.27. The summed E-state index contributed by atoms with van der Waals surface area (Å²) in [5.41, 5.74) is 1.49. The van der Waals surface area contributed by atoms with E-state index in [1.54, 1.807) is 30.3 Å². The van der Waals surface area contributed by atoms with E-state index < -0.39 is 5.76 Å². The van der Waals surface area contributed by atoms with Gasteiger partial charge in [0.15, 0.2) is 5.58 Å². The highest BCUT2D eigenvalue weighted by molar-refractivity contribution is 5.84. The standard InChI is InChI=1S/C24H25N5O4/c30-22(16-28-20-9-3-4-10-21(20)33-24(28)32)25-15-19-17-7-1-2-8-18(17)23(31)29(26-19)14-13-27-11-5-6-12-27/h1-4,7-10H,5-6,11-16H2,(H,25,30). The lowest BCUT2D eigenvalue weighted by molar-refractivity contribution is -0.121. The maximum absolute atomic E-state index is 12.9. The average molecular weight is 447 g/mol. The molecule has 2 aromatic heterocycles. The number of hydrogen-bond donors (Lipinski definition) is 1. The predicted octanol–water partition coefficient (Wildman–Crippen LogP) is 1.72. The molecule has 1 aliphatic rings. The molecule has 1 N–H and O–H groups in total. The van der Waals surface area contributed by atoms with Crippen molar-refractivity contribution in [3.8, 4) is 0 Å². The minimum absolute atomic E-state index is 0.128. The number of carbonyl (C=O) groups excluding carboxylic acids is 1. The maximum Gasteiger partial charge on any atom is 0.420 e. The summed E-state index contributed by atoms with van der Waals surface area (Å²) in [5.74, 6) is -0.922. The summed E-state index contributed by atoms with van der Waals surface area (Å²) in [6.45, 7) is 3.35. The molecule has 9 nitrogen and oxygen atoms in total. The van der Waals surface area contributed by atoms with Crippen molar-refractivity contribution in [3.05, 3.63) is 75.1 Å². The fourth-order valence-corrected chi connectivity index (χ4v) is 4.38. The smallest absolute Gasteiger partial charge is 0.408 e. The summed E-state index contributed by atoms with van der Waals surface area (Å²) < 4.78 is 7.99. The number of carbonyl (C=O) groups is 1. The molecule has 0 unspecified atom stereocenters. The first-order chi connectivity index (χ1) is 16.1. The molecule has 170 valence electrons. The van der Waals surface area contributed by atoms with E-state index in [4.69, 9.17) is 4.42 Å². The van der Waals surface area contributed by atoms with Crippen LogP contribution in [0.2, 0.25) is 0 Å². The molecule has 0 radical (unpaired) electrons. The van der Waals surface area contributed by atoms with Gasteiger partial charge in [-0.2, -0.15) is 5.10 Å². The Morgan fingerprint density at radius 3 is 2.52 bits per heavy atom. The zero-order valence-electron chi connectivity index (χ0n) is 18.2. The molecule has 1 saturated heterocycles. The zero-order chi connectivity index (χ0) is 22.8. The van der Waals surface area contributed by atoms with Crippen molar-refractivity contribution in [2.24, 2.45) is 0 Å². The van der Waals surface area contributed by atoms with Crippen molar-refractivity contribution in [2.75, 3.05) is 19.6 Å². The van der Waals surface area contributed by atoms with E-state index in [2.05, 4.69) is 15.3 Å². The van der Waals surface area contributed by atoms with E-state index >= 15 is 0 Å². The molecular weight excluding hydrogens is 422 g/mol. The third-order valence-corrected chi connectivity index (χ3v) is 6.10. The molecule has 4 aromatic rings. The number of amides is 1. The number of likely N-dealkylation sites (tertiary alicyclic amines) is 1. The first kappa shape index (κ1) is 21.1. The molecule has 1 aliphatic heterocycles. The number of nitrogens with one attached hydrogen (secondary N) is 1. The number of rotatable bonds is 7. The Kier molecular flexibility index (Phi) is 5.78. The Hall–Kier alpha value is -3.72. The van der Waals surface area contributed by atoms with Crippen LogP contribution in [0.25, 0.3) is 21.9 Å². The number of aromatic nitrogens is 3. The molecular formula is C24H25N5O4. The van der Waals surface area contributed by atoms with Gasteiger partial charge >= 0.3 is 5.76 Å². The van der Waals surface area contributed by atoms with Crippen LogP contribution >= 0.6 is 0 Å². The number of fused-ring (bicyclic) bond motifs is 2. The largest absolute Gasteiger partial charge is 0.420 e. The summed E-state index contributed by atoms with van der Waals surface area (Å²) in [5, 5.41) is 8.70. The van der Waals surface area contributed by atoms with Gasteiger partial charge < -0.3 is 14.6 Å². The SMILES string of the molecule is O=C(Cn1c(=O)oc2ccccc21)NCc1nn(CCN2CCCC2)c(=O)c2ccccc12. The summed E-state index contributed by atoms with van der Waals surface area (Å²) >= 11 is 0. The average Bonchev–Trinajstić information content (AvgIpc) is 3.46. The molecule has 0 spiro atoms. The fourth-order valence-electron chi connectivity index (χ4n) is 4.38. The van der Waals surface area contributed by atoms with E-state index in [-0.39, 0.29) is 24.6 Å². The first-order valence-electron chi connectivity index (χ1n) is 11.2. The highest BCUT2D eigenvalue weighted by atomic mass is 16.4. The van der Waals surface area contributed by atoms with Crippen molar-refractivity contribution in [3.63, 3.8) is 0 Å². The number of benzene rings is 2. The second kappa shape index (κ2) is 9.03. The van der Waals surface area contributed by atoms with E-state index in [0.29, 0.717) is 34.1 Å². The van der Waals surface area contributed by atoms with Gasteiger partial charge in [0.25, 0.3) is 5.56 Å². The van der Waals surface area contributed by atoms with Gasteiger partial charge in [-0.25, -0.2) is 9.48 Å². The lowest BCUT2D eigenvalue weighted by atomic mass is 10.1. The monoisotopic (exact) mass is 447 g/mol. The summed E-state index contributed by atoms with van der Waals surface area (Å²) in [4.78, 5) is 40.1. The number of oxazole rings is 1. The first-order valence-corrected chi connectivity index (χ1v) is 11.2. The van der Waals surface area contributed by atoms with Crippen LogP contribution in [0, 0.1) is 0 Å². The van der Waals surface area contributed by atoms with E-state index in [1.165, 1.54) is 22.1 Å². The number of hydrogen-bond acceptors (Lipinski definition) is 6. The zero-order valence-corrected chi connectivity index (χ0v) is 18.2. The molecule has 0 saturated carbocycles. The lowest BCUT2D eigenvalue weighted by Crippen LogP contribution is -2.34. The fraction of sp³-hybridized carbons (Fsp3) is 0.333. The van der Waals surface area contributed by atoms with Crippen molar-refractivity contribution >= 4 is 27.8 Å². The Morgan fingerprint density at radius 2 is 1.70 bits per heavy atom. The highest BCUT2D eigenvalue weighted by Crippen LogP contribution is 2.14. The van der Waals surface area contributed by atoms with Crippen molar-refractivity contribution < 1.29 is 9.21 Å². The van der Waals surface area contributed by atoms with Gasteiger partial charge in [0.05, 0.1) is 29.7 Å². The van der Waals surface area contributed by atoms with Gasteiger partial charge in [-0.1, -0.05) is 30.3 Å². The number of para-hydroxylation sites is 2. The third kappa shape index (κ3) is 4.31. The van der Waals surface area contributed by atoms with Crippen molar-refractivity contribution in [1.82, 2.24) is 24.6 Å². The summed E-state index contributed by atoms with van der Waals surface area (Å²) in [7, 11) is 0. The van der Waals surface area contributed by atoms with Gasteiger partial charge in [0.2, 0.25) is 5.91 Å². The minimum Gasteiger partial charge on any atom is -0.408 e. The topological polar surface area (TPSA) is 102 Å². The normalized spacial score (nSPS) is 14.3. The predicted molar refractivity (Wildman–Crippen MR) is 124 cm³/mol. The van der Waals surface area contributed by atoms with Gasteiger partial charge in [0.1, 0.15) is 6.54 Å². The van der Waals surface area contributed by atoms with E-state index in [0.717, 1.165) is 19.6 Å². The van der Waals surface area contributed by atoms with Crippen LogP contribution in [0.15, 0.2) is 62.5 Å². The Bertz CT molecular complexity index is 1430. The molecule has 1 fully saturated rings. The van der Waals surface area contributed by atoms with Crippen molar-refractivity contribution in [1.29, 1.82) is 0 Å². The van der Waals surface area contributed by atoms with Gasteiger partial charge in [-0.05, 0) is 44.1 Å². The van der Waals surface area contributed by atoms with Crippen molar-refractivity contribution in [2.45, 2.75) is 32.5 Å². The summed E-state index contributed by atoms with van der Waals surface area (Å²) in [6, 6.07) is 14.3. The maximum atomic E-state index is 12.9. The van der Waals surface area contributed by atoms with Crippen LogP contribution in [0.3, 0.4) is 0 Å². The third-order valence-electron chi connectivity index (χ3n) is 6.10. The molecule has 1 amide bonds. The minimum atomic E-state index is -0.578. The van der Waals surface area contributed by atoms with E-state index in [1.807, 2.05) is 18.2 Å². The van der Waals surface area contributed by atoms with Crippen LogP contribution < -0.4 is 16.6 Å². The van der Waals surface area contributed by atoms with Gasteiger partial charge in [-0.3, -0.25) is 14.2 Å². The Labute approximate surface area is 189 Å². The van der Waals surface area contributed by atoms with E-state index in [9.17, 15) is 14.4 Å². The van der Waals surface area contributed by atoms with Gasteiger partial charge in [-0.15, -0.1) is 0 Å². The molecule has 3 heterocycles. The van der Waals surface area contributed by atoms with Gasteiger partial charge in [0, 0.05) is 11.9 Å². The molecule has 5 rings (SSSR count). The molecule has 0 bridgehead atoms. The molecule has 0 aliphatic carbocycles. The van der Waals surface area contributed by atoms with Crippen LogP contribution in [-0.4, -0.2) is 44.8 Å². The second-order valence-electron chi connectivity index (χ2n) is 8.27. The Balaban J connectivity index is 1.35. The molecule has 2 aromatic carbocycles. The molecule has 0 atom stereocenters. The molecule has 33 heavy (non-hydrogen) atoms. The summed E-state index contributed by atoms with van der Waals surface area (Å²) in [6.07, 6.45) is 2.37. The lowest BCUT2D eigenvalue weighted by Gasteiger charge is -2.16. The quantitative estimate of drug-likeness (QED) is 0.463. The Morgan fingerprint density at radius 1 is 0.970 bits per heavy atom. The van der Waals surface area contributed by atoms with Crippen LogP contribution in [-0.2, 0) is 24.4 Å². The van der Waals surface area contributed by atoms with Crippen LogP contribution in [0.5, 0.6) is 0 Å². The highest BCUT2D eigenvalue weighted by Gasteiger charge is 2.16. The molecule has 9 heteroatoms.